The number of nitrogens with one attached hydrogen (secondary N) is 1. The number of aryl methyl sites for hydroxylation is 1. The van der Waals surface area contributed by atoms with E-state index in [1.54, 1.807) is 0 Å². The zero-order valence-electron chi connectivity index (χ0n) is 17.6. The number of nitrogens with zero attached hydrogens (tertiary/aromatic N) is 6. The molecule has 0 atom stereocenters. The molecular formula is C20H31BrIN7. The fraction of sp³-hybridized carbons (Fsp3) is 0.500. The lowest BCUT2D eigenvalue weighted by molar-refractivity contribution is 0.312. The number of anilines is 1. The van der Waals surface area contributed by atoms with Gasteiger partial charge in [0.05, 0.1) is 6.54 Å². The Kier molecular flexibility index (Phi) is 9.22. The second kappa shape index (κ2) is 11.2. The molecule has 0 bridgehead atoms. The summed E-state index contributed by atoms with van der Waals surface area (Å²) < 4.78 is 3.22. The van der Waals surface area contributed by atoms with Gasteiger partial charge >= 0.3 is 0 Å². The quantitative estimate of drug-likeness (QED) is 0.338. The molecule has 29 heavy (non-hydrogen) atoms. The van der Waals surface area contributed by atoms with Crippen LogP contribution in [-0.4, -0.2) is 72.6 Å². The summed E-state index contributed by atoms with van der Waals surface area (Å²) in [5.74, 6) is 1.93. The van der Waals surface area contributed by atoms with Crippen LogP contribution in [0.15, 0.2) is 40.1 Å². The number of piperazine rings is 1. The summed E-state index contributed by atoms with van der Waals surface area (Å²) in [5, 5.41) is 3.47. The molecule has 3 heterocycles. The minimum atomic E-state index is 0. The number of guanidine groups is 1. The van der Waals surface area contributed by atoms with Crippen LogP contribution in [0.25, 0.3) is 0 Å². The second-order valence-corrected chi connectivity index (χ2v) is 8.25. The minimum Gasteiger partial charge on any atom is -0.354 e. The highest BCUT2D eigenvalue weighted by atomic mass is 127. The molecule has 0 amide bonds. The Morgan fingerprint density at radius 3 is 2.59 bits per heavy atom. The number of pyridine rings is 1. The van der Waals surface area contributed by atoms with Crippen LogP contribution in [0, 0.1) is 0 Å². The number of hydrogen-bond donors (Lipinski definition) is 1. The normalized spacial score (nSPS) is 15.2. The Labute approximate surface area is 199 Å². The van der Waals surface area contributed by atoms with E-state index >= 15 is 0 Å². The molecule has 1 N–H and O–H groups in total. The molecule has 0 radical (unpaired) electrons. The minimum absolute atomic E-state index is 0. The lowest BCUT2D eigenvalue weighted by Crippen LogP contribution is -2.44. The van der Waals surface area contributed by atoms with Gasteiger partial charge in [-0.15, -0.1) is 24.0 Å². The predicted octanol–water partition coefficient (Wildman–Crippen LogP) is 2.76. The van der Waals surface area contributed by atoms with Crippen molar-refractivity contribution in [3.05, 3.63) is 46.3 Å². The average Bonchev–Trinajstić information content (AvgIpc) is 3.00. The summed E-state index contributed by atoms with van der Waals surface area (Å²) in [5.41, 5.74) is 2.43. The highest BCUT2D eigenvalue weighted by Crippen LogP contribution is 2.16. The summed E-state index contributed by atoms with van der Waals surface area (Å²) in [6.07, 6.45) is 3.97. The lowest BCUT2D eigenvalue weighted by Gasteiger charge is -2.33. The third kappa shape index (κ3) is 6.58. The Bertz CT molecular complexity index is 815. The van der Waals surface area contributed by atoms with Crippen molar-refractivity contribution >= 4 is 51.7 Å². The van der Waals surface area contributed by atoms with Crippen molar-refractivity contribution in [1.82, 2.24) is 24.7 Å². The number of hydrogen-bond acceptors (Lipinski definition) is 4. The van der Waals surface area contributed by atoms with Crippen molar-refractivity contribution in [2.75, 3.05) is 52.2 Å². The Morgan fingerprint density at radius 1 is 1.24 bits per heavy atom. The van der Waals surface area contributed by atoms with Gasteiger partial charge in [0.2, 0.25) is 0 Å². The molecular weight excluding hydrogens is 545 g/mol. The molecule has 0 saturated carbocycles. The summed E-state index contributed by atoms with van der Waals surface area (Å²) >= 11 is 3.53. The van der Waals surface area contributed by atoms with Gasteiger partial charge in [0.15, 0.2) is 5.96 Å². The van der Waals surface area contributed by atoms with Gasteiger partial charge in [-0.3, -0.25) is 4.99 Å². The van der Waals surface area contributed by atoms with E-state index in [1.807, 2.05) is 13.2 Å². The van der Waals surface area contributed by atoms with Gasteiger partial charge in [-0.25, -0.2) is 4.98 Å². The van der Waals surface area contributed by atoms with E-state index in [4.69, 9.17) is 0 Å². The van der Waals surface area contributed by atoms with Gasteiger partial charge in [-0.05, 0) is 46.7 Å². The number of aromatic nitrogens is 2. The van der Waals surface area contributed by atoms with E-state index in [9.17, 15) is 0 Å². The maximum atomic E-state index is 4.57. The zero-order valence-corrected chi connectivity index (χ0v) is 21.5. The molecule has 3 rings (SSSR count). The van der Waals surface area contributed by atoms with E-state index in [1.165, 1.54) is 11.3 Å². The predicted molar refractivity (Wildman–Crippen MR) is 134 cm³/mol. The van der Waals surface area contributed by atoms with Crippen LogP contribution in [0.4, 0.5) is 5.82 Å². The fourth-order valence-electron chi connectivity index (χ4n) is 3.39. The van der Waals surface area contributed by atoms with Crippen molar-refractivity contribution in [3.8, 4) is 0 Å². The molecule has 0 spiro atoms. The third-order valence-corrected chi connectivity index (χ3v) is 5.57. The molecule has 1 saturated heterocycles. The highest BCUT2D eigenvalue weighted by molar-refractivity contribution is 14.0. The summed E-state index contributed by atoms with van der Waals surface area (Å²) in [6, 6.07) is 6.38. The third-order valence-electron chi connectivity index (χ3n) is 5.13. The van der Waals surface area contributed by atoms with Crippen molar-refractivity contribution in [1.29, 1.82) is 0 Å². The van der Waals surface area contributed by atoms with Gasteiger partial charge in [0, 0.05) is 76.4 Å². The molecule has 160 valence electrons. The fourth-order valence-corrected chi connectivity index (χ4v) is 3.96. The van der Waals surface area contributed by atoms with E-state index in [-0.39, 0.29) is 24.0 Å². The molecule has 9 heteroatoms. The van der Waals surface area contributed by atoms with Crippen LogP contribution in [-0.2, 0) is 20.1 Å². The SMILES string of the molecule is CN=C(NCc1ccnc(N2CCN(C)CC2)c1)N(C)Cc1cc(Br)cn1C.I. The first-order valence-electron chi connectivity index (χ1n) is 9.57. The first kappa shape index (κ1) is 23.9. The van der Waals surface area contributed by atoms with Gasteiger partial charge in [-0.2, -0.15) is 0 Å². The van der Waals surface area contributed by atoms with Gasteiger partial charge < -0.3 is 24.6 Å². The van der Waals surface area contributed by atoms with Crippen molar-refractivity contribution < 1.29 is 0 Å². The number of halogens is 2. The van der Waals surface area contributed by atoms with Crippen molar-refractivity contribution in [2.45, 2.75) is 13.1 Å². The van der Waals surface area contributed by atoms with Crippen LogP contribution in [0.1, 0.15) is 11.3 Å². The number of likely N-dealkylation sites (N-methyl/N-ethyl adjacent to an activating group) is 1. The molecule has 0 aromatic carbocycles. The van der Waals surface area contributed by atoms with Crippen LogP contribution in [0.5, 0.6) is 0 Å². The largest absolute Gasteiger partial charge is 0.354 e. The van der Waals surface area contributed by atoms with Gasteiger partial charge in [-0.1, -0.05) is 0 Å². The molecule has 0 unspecified atom stereocenters. The Morgan fingerprint density at radius 2 is 1.97 bits per heavy atom. The molecule has 1 aliphatic heterocycles. The van der Waals surface area contributed by atoms with E-state index in [0.717, 1.165) is 55.5 Å². The zero-order chi connectivity index (χ0) is 20.1. The van der Waals surface area contributed by atoms with Gasteiger partial charge in [0.25, 0.3) is 0 Å². The second-order valence-electron chi connectivity index (χ2n) is 7.33. The lowest BCUT2D eigenvalue weighted by atomic mass is 10.2. The summed E-state index contributed by atoms with van der Waals surface area (Å²) in [4.78, 5) is 15.8. The monoisotopic (exact) mass is 575 g/mol. The Hall–Kier alpha value is -1.33. The topological polar surface area (TPSA) is 51.9 Å². The standard InChI is InChI=1S/C20H30BrN7.HI/c1-22-20(27(4)15-18-12-17(21)14-26(18)3)24-13-16-5-6-23-19(11-16)28-9-7-25(2)8-10-28;/h5-6,11-12,14H,7-10,13,15H2,1-4H3,(H,22,24);1H. The maximum Gasteiger partial charge on any atom is 0.194 e. The molecule has 7 nitrogen and oxygen atoms in total. The summed E-state index contributed by atoms with van der Waals surface area (Å²) in [7, 11) is 8.10. The van der Waals surface area contributed by atoms with Gasteiger partial charge in [0.1, 0.15) is 5.82 Å². The molecule has 1 fully saturated rings. The van der Waals surface area contributed by atoms with Crippen LogP contribution < -0.4 is 10.2 Å². The van der Waals surface area contributed by atoms with Crippen LogP contribution in [0.2, 0.25) is 0 Å². The van der Waals surface area contributed by atoms with E-state index < -0.39 is 0 Å². The van der Waals surface area contributed by atoms with Crippen molar-refractivity contribution in [3.63, 3.8) is 0 Å². The van der Waals surface area contributed by atoms with Crippen LogP contribution >= 0.6 is 39.9 Å². The molecule has 0 aliphatic carbocycles. The number of rotatable bonds is 5. The first-order valence-corrected chi connectivity index (χ1v) is 10.4. The average molecular weight is 576 g/mol. The van der Waals surface area contributed by atoms with E-state index in [0.29, 0.717) is 0 Å². The van der Waals surface area contributed by atoms with Crippen molar-refractivity contribution in [2.24, 2.45) is 12.0 Å². The molecule has 1 aliphatic rings. The maximum absolute atomic E-state index is 4.57. The first-order chi connectivity index (χ1) is 13.5. The Balaban J connectivity index is 0.00000300. The van der Waals surface area contributed by atoms with Crippen LogP contribution in [0.3, 0.4) is 0 Å². The number of aliphatic imine (C=N–C) groups is 1. The van der Waals surface area contributed by atoms with E-state index in [2.05, 4.69) is 96.0 Å². The smallest absolute Gasteiger partial charge is 0.194 e. The molecule has 2 aromatic rings. The molecule has 2 aromatic heterocycles. The highest BCUT2D eigenvalue weighted by Gasteiger charge is 2.15. The summed E-state index contributed by atoms with van der Waals surface area (Å²) in [6.45, 7) is 5.71.